The van der Waals surface area contributed by atoms with Crippen molar-refractivity contribution in [3.63, 3.8) is 0 Å². The number of rotatable bonds is 2. The molecule has 0 unspecified atom stereocenters. The Labute approximate surface area is 145 Å². The lowest BCUT2D eigenvalue weighted by Crippen LogP contribution is -2.04. The molecule has 130 valence electrons. The van der Waals surface area contributed by atoms with Gasteiger partial charge in [0, 0.05) is 17.4 Å². The van der Waals surface area contributed by atoms with Crippen molar-refractivity contribution in [2.24, 2.45) is 0 Å². The lowest BCUT2D eigenvalue weighted by molar-refractivity contribution is -0.137. The molecule has 4 aromatic rings. The molecule has 0 atom stereocenters. The van der Waals surface area contributed by atoms with Crippen LogP contribution in [-0.2, 0) is 6.18 Å². The van der Waals surface area contributed by atoms with E-state index in [1.807, 2.05) is 0 Å². The molecule has 2 aromatic heterocycles. The van der Waals surface area contributed by atoms with Gasteiger partial charge in [0.05, 0.1) is 16.6 Å². The molecule has 0 radical (unpaired) electrons. The molecule has 0 aliphatic heterocycles. The van der Waals surface area contributed by atoms with E-state index in [4.69, 9.17) is 0 Å². The molecular formula is C19H11F4N3. The zero-order valence-corrected chi connectivity index (χ0v) is 13.2. The van der Waals surface area contributed by atoms with Crippen LogP contribution in [0.25, 0.3) is 27.8 Å². The minimum Gasteiger partial charge on any atom is -0.299 e. The van der Waals surface area contributed by atoms with Crippen LogP contribution in [0, 0.1) is 5.95 Å². The smallest absolute Gasteiger partial charge is 0.299 e. The number of aromatic nitrogens is 3. The summed E-state index contributed by atoms with van der Waals surface area (Å²) in [4.78, 5) is 7.70. The maximum atomic E-state index is 13.9. The maximum Gasteiger partial charge on any atom is 0.416 e. The van der Waals surface area contributed by atoms with E-state index in [9.17, 15) is 17.6 Å². The average Bonchev–Trinajstić information content (AvgIpc) is 3.05. The quantitative estimate of drug-likeness (QED) is 0.363. The highest BCUT2D eigenvalue weighted by Crippen LogP contribution is 2.32. The minimum atomic E-state index is -4.42. The summed E-state index contributed by atoms with van der Waals surface area (Å²) >= 11 is 0. The first-order valence-electron chi connectivity index (χ1n) is 7.69. The second-order valence-electron chi connectivity index (χ2n) is 5.71. The first kappa shape index (κ1) is 16.3. The Kier molecular flexibility index (Phi) is 3.72. The van der Waals surface area contributed by atoms with Crippen LogP contribution in [0.15, 0.2) is 67.1 Å². The van der Waals surface area contributed by atoms with Crippen LogP contribution in [0.4, 0.5) is 17.6 Å². The number of fused-ring (bicyclic) bond motifs is 1. The Balaban J connectivity index is 1.81. The molecule has 0 aliphatic rings. The second-order valence-corrected chi connectivity index (χ2v) is 5.71. The van der Waals surface area contributed by atoms with Crippen LogP contribution in [0.3, 0.4) is 0 Å². The Bertz CT molecular complexity index is 1100. The third-order valence-electron chi connectivity index (χ3n) is 4.07. The number of halogens is 4. The first-order valence-corrected chi connectivity index (χ1v) is 7.69. The molecule has 2 aromatic carbocycles. The van der Waals surface area contributed by atoms with Crippen molar-refractivity contribution in [2.75, 3.05) is 0 Å². The van der Waals surface area contributed by atoms with Crippen LogP contribution in [-0.4, -0.2) is 14.5 Å². The zero-order valence-electron chi connectivity index (χ0n) is 13.2. The number of imidazole rings is 1. The van der Waals surface area contributed by atoms with E-state index in [-0.39, 0.29) is 5.52 Å². The monoisotopic (exact) mass is 357 g/mol. The fourth-order valence-electron chi connectivity index (χ4n) is 2.82. The van der Waals surface area contributed by atoms with Crippen LogP contribution in [0.1, 0.15) is 5.56 Å². The molecule has 0 N–H and O–H groups in total. The van der Waals surface area contributed by atoms with Gasteiger partial charge in [-0.25, -0.2) is 9.97 Å². The zero-order chi connectivity index (χ0) is 18.3. The third kappa shape index (κ3) is 2.81. The molecule has 3 nitrogen and oxygen atoms in total. The predicted molar refractivity (Wildman–Crippen MR) is 89.3 cm³/mol. The normalized spacial score (nSPS) is 11.8. The van der Waals surface area contributed by atoms with Gasteiger partial charge >= 0.3 is 6.18 Å². The molecular weight excluding hydrogens is 346 g/mol. The van der Waals surface area contributed by atoms with Gasteiger partial charge in [-0.2, -0.15) is 17.6 Å². The topological polar surface area (TPSA) is 30.7 Å². The molecule has 0 bridgehead atoms. The molecule has 4 rings (SSSR count). The van der Waals surface area contributed by atoms with Crippen molar-refractivity contribution in [3.8, 4) is 16.8 Å². The number of pyridine rings is 1. The van der Waals surface area contributed by atoms with Crippen molar-refractivity contribution in [1.29, 1.82) is 0 Å². The highest BCUT2D eigenvalue weighted by Gasteiger charge is 2.30. The number of benzene rings is 2. The van der Waals surface area contributed by atoms with Gasteiger partial charge in [0.2, 0.25) is 5.95 Å². The number of nitrogens with zero attached hydrogens (tertiary/aromatic N) is 3. The van der Waals surface area contributed by atoms with Crippen LogP contribution in [0.2, 0.25) is 0 Å². The minimum absolute atomic E-state index is 0.234. The molecule has 26 heavy (non-hydrogen) atoms. The summed E-state index contributed by atoms with van der Waals surface area (Å²) in [5, 5.41) is 0. The van der Waals surface area contributed by atoms with E-state index in [0.717, 1.165) is 12.1 Å². The van der Waals surface area contributed by atoms with Gasteiger partial charge in [0.1, 0.15) is 6.33 Å². The van der Waals surface area contributed by atoms with E-state index in [0.29, 0.717) is 22.3 Å². The summed E-state index contributed by atoms with van der Waals surface area (Å²) in [6, 6.07) is 13.6. The summed E-state index contributed by atoms with van der Waals surface area (Å²) in [6.45, 7) is 0. The number of alkyl halides is 3. The highest BCUT2D eigenvalue weighted by molar-refractivity contribution is 5.79. The molecule has 0 fully saturated rings. The van der Waals surface area contributed by atoms with Crippen LogP contribution in [0.5, 0.6) is 0 Å². The Morgan fingerprint density at radius 2 is 1.73 bits per heavy atom. The third-order valence-corrected chi connectivity index (χ3v) is 4.07. The van der Waals surface area contributed by atoms with Gasteiger partial charge in [-0.3, -0.25) is 4.57 Å². The van der Waals surface area contributed by atoms with E-state index in [2.05, 4.69) is 9.97 Å². The summed E-state index contributed by atoms with van der Waals surface area (Å²) in [5.41, 5.74) is 1.63. The van der Waals surface area contributed by atoms with Gasteiger partial charge in [-0.05, 0) is 48.0 Å². The average molecular weight is 357 g/mol. The van der Waals surface area contributed by atoms with E-state index in [1.165, 1.54) is 18.6 Å². The summed E-state index contributed by atoms with van der Waals surface area (Å²) in [5.74, 6) is -0.588. The molecule has 2 heterocycles. The summed E-state index contributed by atoms with van der Waals surface area (Å²) in [7, 11) is 0. The van der Waals surface area contributed by atoms with Crippen molar-refractivity contribution >= 4 is 11.0 Å². The second kappa shape index (κ2) is 5.94. The van der Waals surface area contributed by atoms with Gasteiger partial charge in [0.25, 0.3) is 0 Å². The molecule has 0 aliphatic carbocycles. The van der Waals surface area contributed by atoms with Gasteiger partial charge in [-0.1, -0.05) is 12.1 Å². The first-order chi connectivity index (χ1) is 12.4. The van der Waals surface area contributed by atoms with Crippen molar-refractivity contribution in [3.05, 3.63) is 78.6 Å². The molecule has 0 saturated carbocycles. The highest BCUT2D eigenvalue weighted by atomic mass is 19.4. The SMILES string of the molecule is Fc1ncccc1-c1cccc(-n2cnc3cc(C(F)(F)F)ccc32)c1. The van der Waals surface area contributed by atoms with E-state index >= 15 is 0 Å². The van der Waals surface area contributed by atoms with Crippen LogP contribution < -0.4 is 0 Å². The van der Waals surface area contributed by atoms with Crippen LogP contribution >= 0.6 is 0 Å². The predicted octanol–water partition coefficient (Wildman–Crippen LogP) is 5.25. The van der Waals surface area contributed by atoms with Gasteiger partial charge in [0.15, 0.2) is 0 Å². The van der Waals surface area contributed by atoms with Crippen molar-refractivity contribution < 1.29 is 17.6 Å². The molecule has 0 amide bonds. The van der Waals surface area contributed by atoms with Crippen molar-refractivity contribution in [1.82, 2.24) is 14.5 Å². The molecule has 7 heteroatoms. The largest absolute Gasteiger partial charge is 0.416 e. The lowest BCUT2D eigenvalue weighted by Gasteiger charge is -2.09. The Morgan fingerprint density at radius 3 is 2.50 bits per heavy atom. The van der Waals surface area contributed by atoms with E-state index < -0.39 is 17.7 Å². The fraction of sp³-hybridized carbons (Fsp3) is 0.0526. The molecule has 0 saturated heterocycles. The van der Waals surface area contributed by atoms with E-state index in [1.54, 1.807) is 41.0 Å². The molecule has 0 spiro atoms. The van der Waals surface area contributed by atoms with Crippen molar-refractivity contribution in [2.45, 2.75) is 6.18 Å². The van der Waals surface area contributed by atoms with Gasteiger partial charge < -0.3 is 0 Å². The van der Waals surface area contributed by atoms with Gasteiger partial charge in [-0.15, -0.1) is 0 Å². The number of hydrogen-bond donors (Lipinski definition) is 0. The lowest BCUT2D eigenvalue weighted by atomic mass is 10.1. The summed E-state index contributed by atoms with van der Waals surface area (Å²) < 4.78 is 54.1. The maximum absolute atomic E-state index is 13.9. The Morgan fingerprint density at radius 1 is 0.885 bits per heavy atom. The standard InChI is InChI=1S/C19H11F4N3/c20-18-15(5-2-8-24-18)12-3-1-4-14(9-12)26-11-25-16-10-13(19(21,22)23)6-7-17(16)26/h1-11H. The Hall–Kier alpha value is -3.22. The number of hydrogen-bond acceptors (Lipinski definition) is 2. The fourth-order valence-corrected chi connectivity index (χ4v) is 2.82. The summed E-state index contributed by atoms with van der Waals surface area (Å²) in [6.07, 6.45) is -1.61.